The van der Waals surface area contributed by atoms with E-state index in [4.69, 9.17) is 5.11 Å². The molecule has 1 N–H and O–H groups in total. The smallest absolute Gasteiger partial charge is 0.374 e. The van der Waals surface area contributed by atoms with Crippen molar-refractivity contribution < 1.29 is 14.4 Å². The van der Waals surface area contributed by atoms with Crippen LogP contribution in [0.4, 0.5) is 0 Å². The van der Waals surface area contributed by atoms with Gasteiger partial charge in [-0.3, -0.25) is 0 Å². The highest BCUT2D eigenvalue weighted by Crippen LogP contribution is 2.05. The second kappa shape index (κ2) is 2.10. The lowest BCUT2D eigenvalue weighted by molar-refractivity contribution is 0.0651. The fourth-order valence-electron chi connectivity index (χ4n) is 0.367. The van der Waals surface area contributed by atoms with Gasteiger partial charge < -0.3 is 9.63 Å². The van der Waals surface area contributed by atoms with Gasteiger partial charge in [-0.15, -0.1) is 12.6 Å². The number of thiol groups is 1. The van der Waals surface area contributed by atoms with Crippen molar-refractivity contribution in [3.05, 3.63) is 11.8 Å². The summed E-state index contributed by atoms with van der Waals surface area (Å²) in [5.41, 5.74) is 0. The molecule has 5 heteroatoms. The fourth-order valence-corrected chi connectivity index (χ4v) is 0.525. The van der Waals surface area contributed by atoms with Gasteiger partial charge >= 0.3 is 5.97 Å². The van der Waals surface area contributed by atoms with E-state index in [0.29, 0.717) is 0 Å². The van der Waals surface area contributed by atoms with Crippen LogP contribution in [0.5, 0.6) is 0 Å². The molecule has 0 fully saturated rings. The molecule has 9 heavy (non-hydrogen) atoms. The Morgan fingerprint density at radius 3 is 2.78 bits per heavy atom. The Labute approximate surface area is 55.9 Å². The number of carboxylic acid groups (broad SMARTS) is 1. The Hall–Kier alpha value is -0.970. The maximum Gasteiger partial charge on any atom is 0.374 e. The first-order valence-corrected chi connectivity index (χ1v) is 2.54. The number of carbonyl (C=O) groups is 1. The number of nitrogens with zero attached hydrogens (tertiary/aromatic N) is 1. The molecule has 0 radical (unpaired) electrons. The maximum absolute atomic E-state index is 10.0. The summed E-state index contributed by atoms with van der Waals surface area (Å²) in [5.74, 6) is -1.33. The summed E-state index contributed by atoms with van der Waals surface area (Å²) in [6.07, 6.45) is 0. The van der Waals surface area contributed by atoms with E-state index < -0.39 is 5.97 Å². The van der Waals surface area contributed by atoms with Gasteiger partial charge in [-0.1, -0.05) is 5.16 Å². The molecular weight excluding hydrogens is 142 g/mol. The lowest BCUT2D eigenvalue weighted by Crippen LogP contribution is -1.91. The summed E-state index contributed by atoms with van der Waals surface area (Å²) in [5, 5.41) is 11.7. The van der Waals surface area contributed by atoms with Crippen molar-refractivity contribution in [3.8, 4) is 0 Å². The molecule has 1 aromatic heterocycles. The summed E-state index contributed by atoms with van der Waals surface area (Å²) in [6.45, 7) is 0. The average Bonchev–Trinajstić information content (AvgIpc) is 2.14. The zero-order valence-electron chi connectivity index (χ0n) is 4.24. The minimum absolute atomic E-state index is 0.194. The van der Waals surface area contributed by atoms with Crippen LogP contribution in [-0.4, -0.2) is 16.2 Å². The zero-order valence-corrected chi connectivity index (χ0v) is 5.13. The second-order valence-electron chi connectivity index (χ2n) is 1.35. The van der Waals surface area contributed by atoms with Crippen molar-refractivity contribution in [3.63, 3.8) is 0 Å². The first-order valence-electron chi connectivity index (χ1n) is 2.09. The fraction of sp³-hybridized carbons (Fsp3) is 0. The molecule has 0 aliphatic heterocycles. The normalized spacial score (nSPS) is 9.44. The number of carboxylic acids is 1. The molecule has 0 saturated carbocycles. The predicted octanol–water partition coefficient (Wildman–Crippen LogP) is 0.661. The summed E-state index contributed by atoms with van der Waals surface area (Å²) < 4.78 is 4.30. The van der Waals surface area contributed by atoms with Crippen LogP contribution < -0.4 is 0 Å². The third kappa shape index (κ3) is 1.23. The van der Waals surface area contributed by atoms with Gasteiger partial charge in [-0.2, -0.15) is 0 Å². The predicted molar refractivity (Wildman–Crippen MR) is 30.7 cm³/mol. The van der Waals surface area contributed by atoms with Crippen molar-refractivity contribution in [2.75, 3.05) is 0 Å². The molecule has 0 aliphatic rings. The standard InChI is InChI=1S/C4H3NO3S/c6-4(7)2-1-3(9)5-8-2/h1H,(H,5,9)(H,6,7). The van der Waals surface area contributed by atoms with Crippen LogP contribution in [0.15, 0.2) is 15.6 Å². The monoisotopic (exact) mass is 145 g/mol. The molecule has 0 bridgehead atoms. The van der Waals surface area contributed by atoms with Gasteiger partial charge in [-0.05, 0) is 0 Å². The van der Waals surface area contributed by atoms with E-state index in [0.717, 1.165) is 0 Å². The van der Waals surface area contributed by atoms with Crippen molar-refractivity contribution in [1.82, 2.24) is 5.16 Å². The Balaban J connectivity index is 2.98. The molecule has 0 amide bonds. The van der Waals surface area contributed by atoms with Crippen molar-refractivity contribution in [2.24, 2.45) is 0 Å². The summed E-state index contributed by atoms with van der Waals surface area (Å²) in [4.78, 5) is 10.0. The van der Waals surface area contributed by atoms with E-state index in [-0.39, 0.29) is 10.8 Å². The molecule has 0 atom stereocenters. The Morgan fingerprint density at radius 1 is 1.89 bits per heavy atom. The Kier molecular flexibility index (Phi) is 1.44. The van der Waals surface area contributed by atoms with Gasteiger partial charge in [0.2, 0.25) is 5.76 Å². The first-order chi connectivity index (χ1) is 4.20. The number of hydrogen-bond acceptors (Lipinski definition) is 4. The van der Waals surface area contributed by atoms with Crippen LogP contribution in [0.2, 0.25) is 0 Å². The van der Waals surface area contributed by atoms with Crippen molar-refractivity contribution in [2.45, 2.75) is 5.03 Å². The van der Waals surface area contributed by atoms with E-state index in [1.165, 1.54) is 6.07 Å². The van der Waals surface area contributed by atoms with E-state index >= 15 is 0 Å². The number of hydrogen-bond donors (Lipinski definition) is 2. The van der Waals surface area contributed by atoms with Gasteiger partial charge in [0.1, 0.15) is 5.03 Å². The van der Waals surface area contributed by atoms with Crippen LogP contribution in [0, 0.1) is 0 Å². The summed E-state index contributed by atoms with van der Waals surface area (Å²) in [6, 6.07) is 1.23. The molecule has 0 aliphatic carbocycles. The zero-order chi connectivity index (χ0) is 6.85. The Morgan fingerprint density at radius 2 is 2.56 bits per heavy atom. The van der Waals surface area contributed by atoms with Crippen molar-refractivity contribution >= 4 is 18.6 Å². The summed E-state index contributed by atoms with van der Waals surface area (Å²) in [7, 11) is 0. The van der Waals surface area contributed by atoms with E-state index in [1.54, 1.807) is 0 Å². The SMILES string of the molecule is O=C(O)c1cc(S)no1. The van der Waals surface area contributed by atoms with Crippen LogP contribution in [0.25, 0.3) is 0 Å². The van der Waals surface area contributed by atoms with Gasteiger partial charge in [0.15, 0.2) is 0 Å². The highest BCUT2D eigenvalue weighted by Gasteiger charge is 2.07. The molecule has 1 heterocycles. The molecule has 0 unspecified atom stereocenters. The number of aromatic nitrogens is 1. The lowest BCUT2D eigenvalue weighted by atomic mass is 10.5. The highest BCUT2D eigenvalue weighted by atomic mass is 32.1. The van der Waals surface area contributed by atoms with E-state index in [2.05, 4.69) is 22.3 Å². The summed E-state index contributed by atoms with van der Waals surface area (Å²) >= 11 is 3.73. The van der Waals surface area contributed by atoms with Gasteiger partial charge in [0, 0.05) is 6.07 Å². The van der Waals surface area contributed by atoms with Gasteiger partial charge in [0.05, 0.1) is 0 Å². The molecule has 0 spiro atoms. The first kappa shape index (κ1) is 6.15. The second-order valence-corrected chi connectivity index (χ2v) is 1.81. The molecule has 1 aromatic rings. The molecule has 48 valence electrons. The third-order valence-electron chi connectivity index (χ3n) is 0.709. The van der Waals surface area contributed by atoms with Gasteiger partial charge in [-0.25, -0.2) is 4.79 Å². The maximum atomic E-state index is 10.0. The lowest BCUT2D eigenvalue weighted by Gasteiger charge is -1.76. The minimum atomic E-state index is -1.14. The van der Waals surface area contributed by atoms with Crippen LogP contribution in [-0.2, 0) is 0 Å². The third-order valence-corrected chi connectivity index (χ3v) is 0.919. The minimum Gasteiger partial charge on any atom is -0.475 e. The molecular formula is C4H3NO3S. The Bertz CT molecular complexity index is 231. The van der Waals surface area contributed by atoms with Crippen LogP contribution >= 0.6 is 12.6 Å². The topological polar surface area (TPSA) is 63.3 Å². The van der Waals surface area contributed by atoms with Gasteiger partial charge in [0.25, 0.3) is 0 Å². The quantitative estimate of drug-likeness (QED) is 0.570. The van der Waals surface area contributed by atoms with E-state index in [9.17, 15) is 4.79 Å². The molecule has 1 rings (SSSR count). The number of rotatable bonds is 1. The largest absolute Gasteiger partial charge is 0.475 e. The molecule has 0 aromatic carbocycles. The molecule has 4 nitrogen and oxygen atoms in total. The molecule has 0 saturated heterocycles. The van der Waals surface area contributed by atoms with E-state index in [1.807, 2.05) is 0 Å². The number of aromatic carboxylic acids is 1. The van der Waals surface area contributed by atoms with Crippen molar-refractivity contribution in [1.29, 1.82) is 0 Å². The highest BCUT2D eigenvalue weighted by molar-refractivity contribution is 7.80. The average molecular weight is 145 g/mol. The van der Waals surface area contributed by atoms with Crippen LogP contribution in [0.1, 0.15) is 10.6 Å². The van der Waals surface area contributed by atoms with Crippen LogP contribution in [0.3, 0.4) is 0 Å².